The molecule has 0 spiro atoms. The van der Waals surface area contributed by atoms with E-state index in [-0.39, 0.29) is 0 Å². The highest BCUT2D eigenvalue weighted by Crippen LogP contribution is 1.98. The summed E-state index contributed by atoms with van der Waals surface area (Å²) < 4.78 is 9.05. The molecule has 0 unspecified atom stereocenters. The van der Waals surface area contributed by atoms with E-state index < -0.39 is 12.2 Å². The van der Waals surface area contributed by atoms with Crippen molar-refractivity contribution < 1.29 is 19.1 Å². The second-order valence-electron chi connectivity index (χ2n) is 4.46. The van der Waals surface area contributed by atoms with Gasteiger partial charge in [-0.25, -0.2) is 9.59 Å². The van der Waals surface area contributed by atoms with Gasteiger partial charge in [0, 0.05) is 0 Å². The molecule has 120 valence electrons. The molecule has 0 aliphatic carbocycles. The Morgan fingerprint density at radius 1 is 0.700 bits per heavy atom. The molecule has 0 radical (unpaired) electrons. The van der Waals surface area contributed by atoms with E-state index in [1.165, 1.54) is 25.7 Å². The molecule has 0 aliphatic heterocycles. The summed E-state index contributed by atoms with van der Waals surface area (Å²) in [5.41, 5.74) is 9.49. The summed E-state index contributed by atoms with van der Waals surface area (Å²) in [6, 6.07) is 0. The molecule has 0 aromatic heterocycles. The third kappa shape index (κ3) is 25.4. The second kappa shape index (κ2) is 17.5. The predicted molar refractivity (Wildman–Crippen MR) is 79.4 cm³/mol. The number of ether oxygens (including phenoxy) is 2. The van der Waals surface area contributed by atoms with Crippen molar-refractivity contribution >= 4 is 12.2 Å². The van der Waals surface area contributed by atoms with Crippen LogP contribution in [-0.2, 0) is 9.47 Å². The summed E-state index contributed by atoms with van der Waals surface area (Å²) >= 11 is 0. The van der Waals surface area contributed by atoms with Crippen LogP contribution in [0.1, 0.15) is 65.2 Å². The maximum atomic E-state index is 10.0. The van der Waals surface area contributed by atoms with E-state index >= 15 is 0 Å². The molecular weight excluding hydrogens is 260 g/mol. The Kier molecular flexibility index (Phi) is 18.3. The maximum Gasteiger partial charge on any atom is 0.404 e. The van der Waals surface area contributed by atoms with Gasteiger partial charge in [0.15, 0.2) is 0 Å². The van der Waals surface area contributed by atoms with E-state index in [4.69, 9.17) is 11.5 Å². The third-order valence-corrected chi connectivity index (χ3v) is 2.48. The maximum absolute atomic E-state index is 10.0. The lowest BCUT2D eigenvalue weighted by molar-refractivity contribution is 0.153. The van der Waals surface area contributed by atoms with Gasteiger partial charge in [-0.1, -0.05) is 52.4 Å². The lowest BCUT2D eigenvalue weighted by Crippen LogP contribution is -2.13. The summed E-state index contributed by atoms with van der Waals surface area (Å²) in [7, 11) is 0. The standard InChI is InChI=1S/2C7H15NO2/c2*1-2-3-4-5-6-10-7(8)9/h2*2-6H2,1H3,(H2,8,9). The Bertz CT molecular complexity index is 211. The molecule has 2 amide bonds. The first-order valence-corrected chi connectivity index (χ1v) is 7.39. The Morgan fingerprint density at radius 3 is 1.30 bits per heavy atom. The van der Waals surface area contributed by atoms with Crippen LogP contribution in [0.25, 0.3) is 0 Å². The van der Waals surface area contributed by atoms with Crippen molar-refractivity contribution in [3.8, 4) is 0 Å². The molecule has 0 saturated carbocycles. The number of carbonyl (C=O) groups is 2. The number of amides is 2. The fourth-order valence-electron chi connectivity index (χ4n) is 1.40. The molecule has 0 fully saturated rings. The molecule has 20 heavy (non-hydrogen) atoms. The quantitative estimate of drug-likeness (QED) is 0.602. The number of rotatable bonds is 10. The van der Waals surface area contributed by atoms with E-state index in [9.17, 15) is 9.59 Å². The van der Waals surface area contributed by atoms with Crippen molar-refractivity contribution in [2.75, 3.05) is 13.2 Å². The smallest absolute Gasteiger partial charge is 0.404 e. The van der Waals surface area contributed by atoms with Gasteiger partial charge >= 0.3 is 12.2 Å². The lowest BCUT2D eigenvalue weighted by atomic mass is 10.2. The molecule has 0 aromatic rings. The molecule has 0 heterocycles. The fraction of sp³-hybridized carbons (Fsp3) is 0.857. The van der Waals surface area contributed by atoms with Crippen LogP contribution in [0.15, 0.2) is 0 Å². The number of hydrogen-bond acceptors (Lipinski definition) is 4. The second-order valence-corrected chi connectivity index (χ2v) is 4.46. The normalized spacial score (nSPS) is 9.30. The minimum Gasteiger partial charge on any atom is -0.450 e. The summed E-state index contributed by atoms with van der Waals surface area (Å²) in [4.78, 5) is 20.1. The van der Waals surface area contributed by atoms with Gasteiger partial charge in [0.05, 0.1) is 13.2 Å². The number of unbranched alkanes of at least 4 members (excludes halogenated alkanes) is 6. The van der Waals surface area contributed by atoms with Crippen molar-refractivity contribution in [1.82, 2.24) is 0 Å². The van der Waals surface area contributed by atoms with Crippen LogP contribution < -0.4 is 11.5 Å². The average Bonchev–Trinajstić information content (AvgIpc) is 2.38. The topological polar surface area (TPSA) is 105 Å². The molecule has 6 nitrogen and oxygen atoms in total. The summed E-state index contributed by atoms with van der Waals surface area (Å²) in [5, 5.41) is 0. The van der Waals surface area contributed by atoms with E-state index in [0.717, 1.165) is 25.7 Å². The summed E-state index contributed by atoms with van der Waals surface area (Å²) in [6.45, 7) is 5.20. The van der Waals surface area contributed by atoms with Crippen molar-refractivity contribution in [3.05, 3.63) is 0 Å². The van der Waals surface area contributed by atoms with Gasteiger partial charge < -0.3 is 20.9 Å². The minimum absolute atomic E-state index is 0.468. The first-order valence-electron chi connectivity index (χ1n) is 7.39. The third-order valence-electron chi connectivity index (χ3n) is 2.48. The highest BCUT2D eigenvalue weighted by atomic mass is 16.5. The van der Waals surface area contributed by atoms with Crippen molar-refractivity contribution in [2.45, 2.75) is 65.2 Å². The molecule has 0 rings (SSSR count). The van der Waals surface area contributed by atoms with E-state index in [1.807, 2.05) is 0 Å². The van der Waals surface area contributed by atoms with Gasteiger partial charge in [0.1, 0.15) is 0 Å². The van der Waals surface area contributed by atoms with Gasteiger partial charge in [-0.15, -0.1) is 0 Å². The zero-order valence-corrected chi connectivity index (χ0v) is 12.9. The van der Waals surface area contributed by atoms with Crippen LogP contribution in [0.5, 0.6) is 0 Å². The number of nitrogens with two attached hydrogens (primary N) is 2. The van der Waals surface area contributed by atoms with E-state index in [2.05, 4.69) is 23.3 Å². The van der Waals surface area contributed by atoms with Crippen LogP contribution in [0, 0.1) is 0 Å². The van der Waals surface area contributed by atoms with E-state index in [0.29, 0.717) is 13.2 Å². The Morgan fingerprint density at radius 2 is 1.05 bits per heavy atom. The summed E-state index contributed by atoms with van der Waals surface area (Å²) in [5.74, 6) is 0. The van der Waals surface area contributed by atoms with Crippen molar-refractivity contribution in [1.29, 1.82) is 0 Å². The number of hydrogen-bond donors (Lipinski definition) is 2. The van der Waals surface area contributed by atoms with Gasteiger partial charge in [0.2, 0.25) is 0 Å². The zero-order valence-electron chi connectivity index (χ0n) is 12.9. The Labute approximate surface area is 122 Å². The zero-order chi connectivity index (χ0) is 15.6. The molecule has 4 N–H and O–H groups in total. The highest BCUT2D eigenvalue weighted by Gasteiger charge is 1.92. The monoisotopic (exact) mass is 290 g/mol. The molecule has 0 atom stereocenters. The molecule has 0 saturated heterocycles. The average molecular weight is 290 g/mol. The van der Waals surface area contributed by atoms with Crippen molar-refractivity contribution in [2.24, 2.45) is 11.5 Å². The van der Waals surface area contributed by atoms with Crippen LogP contribution in [-0.4, -0.2) is 25.4 Å². The number of carbonyl (C=O) groups excluding carboxylic acids is 2. The largest absolute Gasteiger partial charge is 0.450 e. The SMILES string of the molecule is CCCCCCOC(N)=O.CCCCCCOC(N)=O. The first-order chi connectivity index (χ1) is 9.54. The lowest BCUT2D eigenvalue weighted by Gasteiger charge is -1.99. The van der Waals surface area contributed by atoms with Crippen molar-refractivity contribution in [3.63, 3.8) is 0 Å². The highest BCUT2D eigenvalue weighted by molar-refractivity contribution is 5.64. The minimum atomic E-state index is -0.670. The Hall–Kier alpha value is -1.46. The van der Waals surface area contributed by atoms with Gasteiger partial charge in [-0.3, -0.25) is 0 Å². The van der Waals surface area contributed by atoms with Crippen LogP contribution in [0.3, 0.4) is 0 Å². The molecule has 0 aromatic carbocycles. The molecular formula is C14H30N2O4. The van der Waals surface area contributed by atoms with Crippen LogP contribution >= 0.6 is 0 Å². The summed E-state index contributed by atoms with van der Waals surface area (Å²) in [6.07, 6.45) is 7.52. The number of primary amides is 2. The Balaban J connectivity index is 0. The molecule has 6 heteroatoms. The van der Waals surface area contributed by atoms with Gasteiger partial charge in [0.25, 0.3) is 0 Å². The van der Waals surface area contributed by atoms with Crippen LogP contribution in [0.2, 0.25) is 0 Å². The predicted octanol–water partition coefficient (Wildman–Crippen LogP) is 3.32. The van der Waals surface area contributed by atoms with Gasteiger partial charge in [-0.2, -0.15) is 0 Å². The van der Waals surface area contributed by atoms with Crippen LogP contribution in [0.4, 0.5) is 9.59 Å². The molecule has 0 bridgehead atoms. The molecule has 0 aliphatic rings. The first kappa shape index (κ1) is 20.8. The van der Waals surface area contributed by atoms with Gasteiger partial charge in [-0.05, 0) is 12.8 Å². The van der Waals surface area contributed by atoms with E-state index in [1.54, 1.807) is 0 Å². The fourth-order valence-corrected chi connectivity index (χ4v) is 1.40.